The zero-order valence-corrected chi connectivity index (χ0v) is 10.9. The van der Waals surface area contributed by atoms with E-state index in [0.29, 0.717) is 12.6 Å². The summed E-state index contributed by atoms with van der Waals surface area (Å²) < 4.78 is 0. The lowest BCUT2D eigenvalue weighted by Crippen LogP contribution is -2.49. The van der Waals surface area contributed by atoms with E-state index < -0.39 is 0 Å². The Balaban J connectivity index is 1.75. The summed E-state index contributed by atoms with van der Waals surface area (Å²) in [6.07, 6.45) is 6.45. The summed E-state index contributed by atoms with van der Waals surface area (Å²) in [6.45, 7) is 5.42. The summed E-state index contributed by atoms with van der Waals surface area (Å²) in [5.74, 6) is 0.172. The van der Waals surface area contributed by atoms with E-state index in [9.17, 15) is 4.79 Å². The average molecular weight is 239 g/mol. The summed E-state index contributed by atoms with van der Waals surface area (Å²) in [4.78, 5) is 14.0. The maximum atomic E-state index is 11.6. The Morgan fingerprint density at radius 3 is 2.82 bits per heavy atom. The smallest absolute Gasteiger partial charge is 0.234 e. The molecule has 4 nitrogen and oxygen atoms in total. The van der Waals surface area contributed by atoms with Gasteiger partial charge in [-0.15, -0.1) is 0 Å². The van der Waals surface area contributed by atoms with E-state index in [0.717, 1.165) is 25.7 Å². The summed E-state index contributed by atoms with van der Waals surface area (Å²) in [5.41, 5.74) is 0. The summed E-state index contributed by atoms with van der Waals surface area (Å²) >= 11 is 0. The Bertz CT molecular complexity index is 253. The maximum absolute atomic E-state index is 11.6. The monoisotopic (exact) mass is 239 g/mol. The predicted molar refractivity (Wildman–Crippen MR) is 68.9 cm³/mol. The van der Waals surface area contributed by atoms with Crippen molar-refractivity contribution in [3.05, 3.63) is 0 Å². The molecule has 1 aliphatic heterocycles. The first-order valence-electron chi connectivity index (χ1n) is 7.03. The van der Waals surface area contributed by atoms with E-state index >= 15 is 0 Å². The van der Waals surface area contributed by atoms with Gasteiger partial charge in [-0.05, 0) is 39.2 Å². The molecule has 17 heavy (non-hydrogen) atoms. The quantitative estimate of drug-likeness (QED) is 0.718. The van der Waals surface area contributed by atoms with Crippen LogP contribution >= 0.6 is 0 Å². The predicted octanol–water partition coefficient (Wildman–Crippen LogP) is 0.729. The molecule has 98 valence electrons. The molecule has 2 rings (SSSR count). The Hall–Kier alpha value is -0.610. The Kier molecular flexibility index (Phi) is 4.80. The highest BCUT2D eigenvalue weighted by Gasteiger charge is 2.27. The first-order valence-corrected chi connectivity index (χ1v) is 7.03. The van der Waals surface area contributed by atoms with Gasteiger partial charge in [0.25, 0.3) is 0 Å². The van der Waals surface area contributed by atoms with Crippen LogP contribution in [0.1, 0.15) is 39.0 Å². The first kappa shape index (κ1) is 12.8. The number of piperidine rings is 1. The third-order valence-electron chi connectivity index (χ3n) is 3.69. The summed E-state index contributed by atoms with van der Waals surface area (Å²) in [5, 5.41) is 6.48. The number of rotatable bonds is 6. The molecule has 0 radical (unpaired) electrons. The standard InChI is InChI=1S/C13H25N3O/c1-2-14-13(17)10-16-8-4-3-5-12(16)9-15-11-6-7-11/h11-12,15H,2-10H2,1H3,(H,14,17). The van der Waals surface area contributed by atoms with Crippen LogP contribution in [0.4, 0.5) is 0 Å². The van der Waals surface area contributed by atoms with Crippen molar-refractivity contribution in [2.24, 2.45) is 0 Å². The number of likely N-dealkylation sites (tertiary alicyclic amines) is 1. The van der Waals surface area contributed by atoms with Crippen molar-refractivity contribution < 1.29 is 4.79 Å². The van der Waals surface area contributed by atoms with E-state index in [1.165, 1.54) is 32.1 Å². The topological polar surface area (TPSA) is 44.4 Å². The van der Waals surface area contributed by atoms with Gasteiger partial charge in [0.05, 0.1) is 6.54 Å². The maximum Gasteiger partial charge on any atom is 0.234 e. The molecule has 1 heterocycles. The lowest BCUT2D eigenvalue weighted by atomic mass is 10.0. The van der Waals surface area contributed by atoms with Crippen LogP contribution in [0.25, 0.3) is 0 Å². The SMILES string of the molecule is CCNC(=O)CN1CCCCC1CNC1CC1. The zero-order valence-electron chi connectivity index (χ0n) is 10.9. The Labute approximate surface area is 104 Å². The van der Waals surface area contributed by atoms with Crippen molar-refractivity contribution in [2.45, 2.75) is 51.1 Å². The molecule has 0 spiro atoms. The highest BCUT2D eigenvalue weighted by molar-refractivity contribution is 5.77. The number of hydrogen-bond donors (Lipinski definition) is 2. The highest BCUT2D eigenvalue weighted by Crippen LogP contribution is 2.21. The molecule has 1 amide bonds. The zero-order chi connectivity index (χ0) is 12.1. The fourth-order valence-corrected chi connectivity index (χ4v) is 2.53. The van der Waals surface area contributed by atoms with Crippen LogP contribution < -0.4 is 10.6 Å². The fourth-order valence-electron chi connectivity index (χ4n) is 2.53. The molecule has 1 saturated carbocycles. The van der Waals surface area contributed by atoms with Crippen molar-refractivity contribution in [3.8, 4) is 0 Å². The second kappa shape index (κ2) is 6.36. The molecular weight excluding hydrogens is 214 g/mol. The van der Waals surface area contributed by atoms with Crippen LogP contribution in [-0.2, 0) is 4.79 Å². The minimum atomic E-state index is 0.172. The van der Waals surface area contributed by atoms with Crippen LogP contribution in [0.3, 0.4) is 0 Å². The third-order valence-corrected chi connectivity index (χ3v) is 3.69. The van der Waals surface area contributed by atoms with Gasteiger partial charge in [-0.3, -0.25) is 9.69 Å². The van der Waals surface area contributed by atoms with Crippen molar-refractivity contribution >= 4 is 5.91 Å². The van der Waals surface area contributed by atoms with E-state index in [1.807, 2.05) is 6.92 Å². The summed E-state index contributed by atoms with van der Waals surface area (Å²) in [6, 6.07) is 1.33. The second-order valence-electron chi connectivity index (χ2n) is 5.26. The van der Waals surface area contributed by atoms with Gasteiger partial charge in [-0.1, -0.05) is 6.42 Å². The molecule has 1 atom stereocenters. The van der Waals surface area contributed by atoms with Gasteiger partial charge in [0.2, 0.25) is 5.91 Å². The van der Waals surface area contributed by atoms with Crippen LogP contribution in [0.2, 0.25) is 0 Å². The van der Waals surface area contributed by atoms with Gasteiger partial charge in [0, 0.05) is 25.2 Å². The molecular formula is C13H25N3O. The van der Waals surface area contributed by atoms with Gasteiger partial charge in [-0.25, -0.2) is 0 Å². The number of likely N-dealkylation sites (N-methyl/N-ethyl adjacent to an activating group) is 1. The van der Waals surface area contributed by atoms with Gasteiger partial charge < -0.3 is 10.6 Å². The minimum Gasteiger partial charge on any atom is -0.355 e. The van der Waals surface area contributed by atoms with E-state index in [1.54, 1.807) is 0 Å². The fraction of sp³-hybridized carbons (Fsp3) is 0.923. The largest absolute Gasteiger partial charge is 0.355 e. The van der Waals surface area contributed by atoms with E-state index in [2.05, 4.69) is 15.5 Å². The Morgan fingerprint density at radius 2 is 2.12 bits per heavy atom. The number of nitrogens with one attached hydrogen (secondary N) is 2. The van der Waals surface area contributed by atoms with Crippen molar-refractivity contribution in [2.75, 3.05) is 26.2 Å². The highest BCUT2D eigenvalue weighted by atomic mass is 16.2. The molecule has 2 fully saturated rings. The second-order valence-corrected chi connectivity index (χ2v) is 5.26. The number of nitrogens with zero attached hydrogens (tertiary/aromatic N) is 1. The molecule has 1 saturated heterocycles. The number of carbonyl (C=O) groups excluding carboxylic acids is 1. The van der Waals surface area contributed by atoms with Crippen molar-refractivity contribution in [3.63, 3.8) is 0 Å². The third kappa shape index (κ3) is 4.28. The lowest BCUT2D eigenvalue weighted by Gasteiger charge is -2.35. The van der Waals surface area contributed by atoms with Crippen molar-refractivity contribution in [1.82, 2.24) is 15.5 Å². The van der Waals surface area contributed by atoms with Gasteiger partial charge in [0.1, 0.15) is 0 Å². The van der Waals surface area contributed by atoms with Crippen LogP contribution in [-0.4, -0.2) is 49.1 Å². The number of carbonyl (C=O) groups is 1. The molecule has 0 aromatic rings. The average Bonchev–Trinajstić information content (AvgIpc) is 3.12. The van der Waals surface area contributed by atoms with Crippen LogP contribution in [0.5, 0.6) is 0 Å². The molecule has 1 aliphatic carbocycles. The summed E-state index contributed by atoms with van der Waals surface area (Å²) in [7, 11) is 0. The molecule has 2 aliphatic rings. The molecule has 0 aromatic carbocycles. The number of amides is 1. The normalized spacial score (nSPS) is 25.8. The molecule has 0 bridgehead atoms. The van der Waals surface area contributed by atoms with Crippen molar-refractivity contribution in [1.29, 1.82) is 0 Å². The van der Waals surface area contributed by atoms with Gasteiger partial charge >= 0.3 is 0 Å². The Morgan fingerprint density at radius 1 is 1.29 bits per heavy atom. The van der Waals surface area contributed by atoms with E-state index in [-0.39, 0.29) is 5.91 Å². The van der Waals surface area contributed by atoms with E-state index in [4.69, 9.17) is 0 Å². The van der Waals surface area contributed by atoms with Crippen LogP contribution in [0, 0.1) is 0 Å². The van der Waals surface area contributed by atoms with Crippen LogP contribution in [0.15, 0.2) is 0 Å². The van der Waals surface area contributed by atoms with Gasteiger partial charge in [-0.2, -0.15) is 0 Å². The number of hydrogen-bond acceptors (Lipinski definition) is 3. The lowest BCUT2D eigenvalue weighted by molar-refractivity contribution is -0.123. The molecule has 1 unspecified atom stereocenters. The molecule has 2 N–H and O–H groups in total. The molecule has 0 aromatic heterocycles. The van der Waals surface area contributed by atoms with Gasteiger partial charge in [0.15, 0.2) is 0 Å². The minimum absolute atomic E-state index is 0.172. The molecule has 4 heteroatoms. The first-order chi connectivity index (χ1) is 8.29.